The fraction of sp³-hybridized carbons (Fsp3) is 0.0250. The molecule has 90 heavy (non-hydrogen) atoms. The van der Waals surface area contributed by atoms with Crippen molar-refractivity contribution < 1.29 is 13.3 Å². The largest absolute Gasteiger partial charge is 0.456 e. The molecule has 14 aromatic carbocycles. The van der Waals surface area contributed by atoms with Crippen molar-refractivity contribution in [2.24, 2.45) is 0 Å². The number of nitrogens with zero attached hydrogens (tertiary/aromatic N) is 2. The molecular weight excluding hydrogens is 1370 g/mol. The monoisotopic (exact) mass is 1420 g/mol. The number of furan rings is 3. The number of nitrogens with one attached hydrogen (secondary N) is 1. The van der Waals surface area contributed by atoms with Gasteiger partial charge in [-0.05, 0) is 273 Å². The Labute approximate surface area is 553 Å². The van der Waals surface area contributed by atoms with Gasteiger partial charge in [0, 0.05) is 79.9 Å². The zero-order valence-corrected chi connectivity index (χ0v) is 55.0. The Morgan fingerprint density at radius 3 is 1.01 bits per heavy atom. The summed E-state index contributed by atoms with van der Waals surface area (Å²) in [5.41, 5.74) is 16.0. The first kappa shape index (κ1) is 57.0. The predicted molar refractivity (Wildman–Crippen MR) is 393 cm³/mol. The van der Waals surface area contributed by atoms with Crippen molar-refractivity contribution in [3.63, 3.8) is 0 Å². The number of anilines is 8. The Morgan fingerprint density at radius 1 is 0.267 bits per heavy atom. The second-order valence-corrected chi connectivity index (χ2v) is 25.8. The van der Waals surface area contributed by atoms with Gasteiger partial charge in [0.05, 0.1) is 15.8 Å². The van der Waals surface area contributed by atoms with Gasteiger partial charge in [0.25, 0.3) is 0 Å². The normalized spacial score (nSPS) is 11.4. The molecule has 0 saturated heterocycles. The lowest BCUT2D eigenvalue weighted by Crippen LogP contribution is -2.15. The zero-order valence-electron chi connectivity index (χ0n) is 48.7. The van der Waals surface area contributed by atoms with Crippen LogP contribution in [0.25, 0.3) is 98.1 Å². The molecule has 0 saturated carbocycles. The van der Waals surface area contributed by atoms with Crippen LogP contribution in [0, 0.1) is 13.8 Å². The van der Waals surface area contributed by atoms with Gasteiger partial charge in [-0.3, -0.25) is 0 Å². The first-order chi connectivity index (χ1) is 44.0. The number of hydrogen-bond donors (Lipinski definition) is 1. The third kappa shape index (κ3) is 11.1. The maximum atomic E-state index is 6.43. The molecule has 434 valence electrons. The Balaban J connectivity index is 0.000000162. The zero-order chi connectivity index (χ0) is 61.0. The first-order valence-electron chi connectivity index (χ1n) is 29.5. The van der Waals surface area contributed by atoms with Gasteiger partial charge in [-0.15, -0.1) is 0 Å². The van der Waals surface area contributed by atoms with Gasteiger partial charge in [-0.25, -0.2) is 0 Å². The lowest BCUT2D eigenvalue weighted by molar-refractivity contribution is 0.669. The highest BCUT2D eigenvalue weighted by Crippen LogP contribution is 2.49. The van der Waals surface area contributed by atoms with Crippen molar-refractivity contribution >= 4 is 207 Å². The van der Waals surface area contributed by atoms with Gasteiger partial charge >= 0.3 is 0 Å². The number of benzene rings is 14. The maximum Gasteiger partial charge on any atom is 0.136 e. The molecule has 0 radical (unpaired) electrons. The fourth-order valence-corrected chi connectivity index (χ4v) is 14.4. The van der Waals surface area contributed by atoms with E-state index in [1.165, 1.54) is 27.1 Å². The van der Waals surface area contributed by atoms with Crippen LogP contribution in [-0.2, 0) is 0 Å². The molecule has 3 heterocycles. The molecular formula is C80H53Br4N3O3. The van der Waals surface area contributed by atoms with Crippen LogP contribution < -0.4 is 15.1 Å². The molecule has 0 bridgehead atoms. The summed E-state index contributed by atoms with van der Waals surface area (Å²) in [6.45, 7) is 4.23. The smallest absolute Gasteiger partial charge is 0.136 e. The van der Waals surface area contributed by atoms with Gasteiger partial charge in [-0.1, -0.05) is 127 Å². The van der Waals surface area contributed by atoms with Crippen LogP contribution in [0.4, 0.5) is 45.5 Å². The molecule has 17 aromatic rings. The average Bonchev–Trinajstić information content (AvgIpc) is 1.71. The molecule has 0 atom stereocenters. The minimum absolute atomic E-state index is 0.862. The Bertz CT molecular complexity index is 5330. The van der Waals surface area contributed by atoms with Crippen molar-refractivity contribution in [2.75, 3.05) is 15.1 Å². The Morgan fingerprint density at radius 2 is 0.600 bits per heavy atom. The van der Waals surface area contributed by atoms with E-state index < -0.39 is 0 Å². The van der Waals surface area contributed by atoms with E-state index in [4.69, 9.17) is 13.3 Å². The van der Waals surface area contributed by atoms with Crippen LogP contribution in [0.3, 0.4) is 0 Å². The summed E-state index contributed by atoms with van der Waals surface area (Å²) in [7, 11) is 0. The molecule has 0 aliphatic carbocycles. The third-order valence-corrected chi connectivity index (χ3v) is 20.4. The van der Waals surface area contributed by atoms with Crippen molar-refractivity contribution in [3.8, 4) is 0 Å². The van der Waals surface area contributed by atoms with Gasteiger partial charge in [0.2, 0.25) is 0 Å². The lowest BCUT2D eigenvalue weighted by atomic mass is 10.0. The highest BCUT2D eigenvalue weighted by molar-refractivity contribution is 9.14. The fourth-order valence-electron chi connectivity index (χ4n) is 12.2. The molecule has 0 fully saturated rings. The summed E-state index contributed by atoms with van der Waals surface area (Å²) < 4.78 is 23.1. The van der Waals surface area contributed by atoms with Gasteiger partial charge in [0.1, 0.15) is 33.5 Å². The van der Waals surface area contributed by atoms with Crippen LogP contribution in [0.1, 0.15) is 11.1 Å². The second-order valence-electron chi connectivity index (χ2n) is 22.5. The number of para-hydroxylation sites is 3. The standard InChI is InChI=1S/C51H33BrN2O2.C22H15NO.C7H5Br3/c1-32-24-45(53(37-16-4-2-5-17-37)39-20-22-47-43(30-39)41-26-33-12-8-10-14-35(33)28-49(41)55-47)51(52)46(25-32)54(38-18-6-3-7-19-38)40-21-23-48-44(31-40)42-27-34-13-9-11-15-36(34)29-50(42)56-48;1-2-8-17(9-3-1)23-18-10-11-21-20(14-18)19-12-15-6-4-5-7-16(15)13-22(19)24-21;1-4-2-5(8)7(10)6(9)3-4/h2-31H,1H3;1-14,23H;2-3H,1H3. The second kappa shape index (κ2) is 24.2. The van der Waals surface area contributed by atoms with Crippen LogP contribution >= 0.6 is 63.7 Å². The summed E-state index contributed by atoms with van der Waals surface area (Å²) in [5, 5.41) is 17.2. The predicted octanol–water partition coefficient (Wildman–Crippen LogP) is 26.6. The maximum absolute atomic E-state index is 6.43. The van der Waals surface area contributed by atoms with E-state index in [0.29, 0.717) is 0 Å². The summed E-state index contributed by atoms with van der Waals surface area (Å²) in [5.74, 6) is 0. The highest BCUT2D eigenvalue weighted by atomic mass is 79.9. The molecule has 0 amide bonds. The van der Waals surface area contributed by atoms with E-state index in [9.17, 15) is 0 Å². The Hall–Kier alpha value is -9.42. The third-order valence-electron chi connectivity index (χ3n) is 16.4. The van der Waals surface area contributed by atoms with E-state index in [1.54, 1.807) is 0 Å². The number of rotatable bonds is 8. The van der Waals surface area contributed by atoms with Crippen molar-refractivity contribution in [1.82, 2.24) is 0 Å². The highest BCUT2D eigenvalue weighted by Gasteiger charge is 2.25. The average molecular weight is 1420 g/mol. The van der Waals surface area contributed by atoms with Crippen LogP contribution in [0.5, 0.6) is 0 Å². The molecule has 3 aromatic heterocycles. The minimum Gasteiger partial charge on any atom is -0.456 e. The molecule has 0 aliphatic heterocycles. The molecule has 0 aliphatic rings. The first-order valence-corrected chi connectivity index (χ1v) is 32.7. The molecule has 0 spiro atoms. The molecule has 17 rings (SSSR count). The Kier molecular flexibility index (Phi) is 15.3. The molecule has 0 unspecified atom stereocenters. The number of fused-ring (bicyclic) bond motifs is 12. The summed E-state index contributed by atoms with van der Waals surface area (Å²) in [4.78, 5) is 4.67. The van der Waals surface area contributed by atoms with Crippen LogP contribution in [0.15, 0.2) is 310 Å². The van der Waals surface area contributed by atoms with E-state index in [2.05, 4.69) is 347 Å². The van der Waals surface area contributed by atoms with Gasteiger partial charge in [0.15, 0.2) is 0 Å². The quantitative estimate of drug-likeness (QED) is 0.153. The van der Waals surface area contributed by atoms with Gasteiger partial charge in [-0.2, -0.15) is 0 Å². The topological polar surface area (TPSA) is 57.9 Å². The molecule has 10 heteroatoms. The number of aryl methyl sites for hydroxylation is 2. The molecule has 1 N–H and O–H groups in total. The summed E-state index contributed by atoms with van der Waals surface area (Å²) >= 11 is 14.5. The van der Waals surface area contributed by atoms with Crippen molar-refractivity contribution in [2.45, 2.75) is 13.8 Å². The number of halogens is 4. The van der Waals surface area contributed by atoms with E-state index in [0.717, 1.165) is 146 Å². The summed E-state index contributed by atoms with van der Waals surface area (Å²) in [6, 6.07) is 97.6. The van der Waals surface area contributed by atoms with Crippen molar-refractivity contribution in [1.29, 1.82) is 0 Å². The van der Waals surface area contributed by atoms with E-state index >= 15 is 0 Å². The summed E-state index contributed by atoms with van der Waals surface area (Å²) in [6.07, 6.45) is 0. The minimum atomic E-state index is 0.862. The van der Waals surface area contributed by atoms with E-state index in [-0.39, 0.29) is 0 Å². The van der Waals surface area contributed by atoms with Crippen molar-refractivity contribution in [3.05, 3.63) is 308 Å². The molecule has 6 nitrogen and oxygen atoms in total. The lowest BCUT2D eigenvalue weighted by Gasteiger charge is -2.31. The van der Waals surface area contributed by atoms with Gasteiger partial charge < -0.3 is 28.4 Å². The van der Waals surface area contributed by atoms with Crippen LogP contribution in [0.2, 0.25) is 0 Å². The number of hydrogen-bond acceptors (Lipinski definition) is 6. The van der Waals surface area contributed by atoms with E-state index in [1.807, 2.05) is 24.3 Å². The van der Waals surface area contributed by atoms with Crippen LogP contribution in [-0.4, -0.2) is 0 Å². The SMILES string of the molecule is Cc1cc(Br)c(Br)c(Br)c1.Cc1cc(N(c2ccccc2)c2ccc3oc4cc5ccccc5cc4c3c2)c(Br)c(N(c2ccccc2)c2ccc3oc4cc5ccccc5cc4c3c2)c1.c1ccc(Nc2ccc3oc4cc5ccccc5cc4c3c2)cc1.